The van der Waals surface area contributed by atoms with Gasteiger partial charge in [0, 0.05) is 17.7 Å². The van der Waals surface area contributed by atoms with Crippen LogP contribution in [0.5, 0.6) is 0 Å². The number of pyridine rings is 1. The lowest BCUT2D eigenvalue weighted by Crippen LogP contribution is -2.49. The predicted molar refractivity (Wildman–Crippen MR) is 82.2 cm³/mol. The third kappa shape index (κ3) is 3.84. The zero-order chi connectivity index (χ0) is 15.4. The van der Waals surface area contributed by atoms with Crippen LogP contribution in [0.4, 0.5) is 4.79 Å². The Hall–Kier alpha value is -1.91. The molecule has 118 valence electrons. The minimum Gasteiger partial charge on any atom is -0.335 e. The molecule has 1 saturated carbocycles. The average molecular weight is 302 g/mol. The highest BCUT2D eigenvalue weighted by molar-refractivity contribution is 5.93. The van der Waals surface area contributed by atoms with E-state index in [2.05, 4.69) is 16.7 Å². The summed E-state index contributed by atoms with van der Waals surface area (Å²) < 4.78 is 1.86. The van der Waals surface area contributed by atoms with Gasteiger partial charge in [0.25, 0.3) is 5.91 Å². The minimum atomic E-state index is -0.365. The third-order valence-corrected chi connectivity index (χ3v) is 4.61. The number of imide groups is 1. The summed E-state index contributed by atoms with van der Waals surface area (Å²) in [5.74, 6) is -0.267. The highest BCUT2D eigenvalue weighted by atomic mass is 16.2. The van der Waals surface area contributed by atoms with E-state index in [4.69, 9.17) is 0 Å². The van der Waals surface area contributed by atoms with Crippen molar-refractivity contribution in [2.45, 2.75) is 64.0 Å². The fourth-order valence-corrected chi connectivity index (χ4v) is 3.44. The van der Waals surface area contributed by atoms with Crippen molar-refractivity contribution in [2.75, 3.05) is 0 Å². The van der Waals surface area contributed by atoms with E-state index in [1.807, 2.05) is 17.0 Å². The number of aryl methyl sites for hydroxylation is 2. The molecule has 1 aromatic rings. The molecule has 0 aromatic carbocycles. The number of carbonyl (C=O) groups excluding carboxylic acids is 2. The molecule has 0 saturated heterocycles. The van der Waals surface area contributed by atoms with E-state index < -0.39 is 0 Å². The van der Waals surface area contributed by atoms with Gasteiger partial charge in [0.2, 0.25) is 6.54 Å². The lowest BCUT2D eigenvalue weighted by molar-refractivity contribution is -0.684. The maximum atomic E-state index is 12.0. The molecule has 1 aromatic heterocycles. The molecule has 5 nitrogen and oxygen atoms in total. The lowest BCUT2D eigenvalue weighted by atomic mass is 9.93. The predicted octanol–water partition coefficient (Wildman–Crippen LogP) is 1.62. The fourth-order valence-electron chi connectivity index (χ4n) is 3.44. The first-order valence-electron chi connectivity index (χ1n) is 8.32. The number of nitrogens with zero attached hydrogens (tertiary/aromatic N) is 1. The molecule has 2 aliphatic carbocycles. The second-order valence-corrected chi connectivity index (χ2v) is 6.38. The molecule has 0 aliphatic heterocycles. The van der Waals surface area contributed by atoms with Gasteiger partial charge in [0.1, 0.15) is 0 Å². The number of hydrogen-bond acceptors (Lipinski definition) is 2. The van der Waals surface area contributed by atoms with Crippen LogP contribution in [-0.4, -0.2) is 18.0 Å². The molecule has 5 heteroatoms. The molecule has 3 rings (SSSR count). The summed E-state index contributed by atoms with van der Waals surface area (Å²) in [4.78, 5) is 23.8. The number of carbonyl (C=O) groups is 2. The number of amides is 3. The smallest absolute Gasteiger partial charge is 0.321 e. The van der Waals surface area contributed by atoms with Crippen molar-refractivity contribution in [1.82, 2.24) is 10.6 Å². The van der Waals surface area contributed by atoms with Crippen LogP contribution in [0.2, 0.25) is 0 Å². The number of hydrogen-bond donors (Lipinski definition) is 2. The Kier molecular flexibility index (Phi) is 4.71. The number of fused-ring (bicyclic) bond motifs is 1. The second-order valence-electron chi connectivity index (χ2n) is 6.38. The first-order chi connectivity index (χ1) is 10.7. The van der Waals surface area contributed by atoms with Crippen LogP contribution >= 0.6 is 0 Å². The first kappa shape index (κ1) is 15.0. The van der Waals surface area contributed by atoms with E-state index in [-0.39, 0.29) is 24.5 Å². The van der Waals surface area contributed by atoms with Gasteiger partial charge in [-0.05, 0) is 44.1 Å². The van der Waals surface area contributed by atoms with E-state index in [0.29, 0.717) is 0 Å². The van der Waals surface area contributed by atoms with Crippen LogP contribution in [0.25, 0.3) is 0 Å². The highest BCUT2D eigenvalue weighted by Crippen LogP contribution is 2.19. The molecule has 0 atom stereocenters. The van der Waals surface area contributed by atoms with Gasteiger partial charge in [-0.15, -0.1) is 0 Å². The molecule has 3 amide bonds. The third-order valence-electron chi connectivity index (χ3n) is 4.61. The van der Waals surface area contributed by atoms with E-state index in [1.165, 1.54) is 24.0 Å². The number of rotatable bonds is 3. The molecule has 22 heavy (non-hydrogen) atoms. The van der Waals surface area contributed by atoms with Crippen LogP contribution in [0.1, 0.15) is 49.7 Å². The molecule has 0 spiro atoms. The van der Waals surface area contributed by atoms with Gasteiger partial charge >= 0.3 is 6.03 Å². The van der Waals surface area contributed by atoms with Gasteiger partial charge in [-0.2, -0.15) is 4.57 Å². The van der Waals surface area contributed by atoms with Crippen LogP contribution in [0.3, 0.4) is 0 Å². The Morgan fingerprint density at radius 1 is 1.09 bits per heavy atom. The molecule has 2 N–H and O–H groups in total. The Balaban J connectivity index is 1.51. The van der Waals surface area contributed by atoms with Crippen molar-refractivity contribution in [3.63, 3.8) is 0 Å². The zero-order valence-electron chi connectivity index (χ0n) is 12.9. The molecule has 1 heterocycles. The molecular formula is C17H24N3O2+. The standard InChI is InChI=1S/C17H23N3O2/c21-16(19-17(22)18-15-7-3-4-8-15)12-20-10-9-13-5-1-2-6-14(13)11-20/h9-11,15H,1-8,12H2,(H-,18,19,21,22)/p+1. The Morgan fingerprint density at radius 2 is 1.82 bits per heavy atom. The summed E-state index contributed by atoms with van der Waals surface area (Å²) in [5, 5.41) is 5.29. The topological polar surface area (TPSA) is 62.1 Å². The SMILES string of the molecule is O=C(C[n+]1ccc2c(c1)CCCC2)NC(=O)NC1CCCC1. The van der Waals surface area contributed by atoms with E-state index in [0.717, 1.165) is 38.5 Å². The van der Waals surface area contributed by atoms with Crippen LogP contribution < -0.4 is 15.2 Å². The van der Waals surface area contributed by atoms with Gasteiger partial charge in [0.15, 0.2) is 12.4 Å². The first-order valence-corrected chi connectivity index (χ1v) is 8.32. The van der Waals surface area contributed by atoms with Crippen molar-refractivity contribution in [3.8, 4) is 0 Å². The monoisotopic (exact) mass is 302 g/mol. The lowest BCUT2D eigenvalue weighted by Gasteiger charge is -2.13. The van der Waals surface area contributed by atoms with Crippen molar-refractivity contribution in [2.24, 2.45) is 0 Å². The minimum absolute atomic E-state index is 0.186. The molecule has 2 aliphatic rings. The van der Waals surface area contributed by atoms with E-state index in [9.17, 15) is 9.59 Å². The zero-order valence-corrected chi connectivity index (χ0v) is 12.9. The van der Waals surface area contributed by atoms with E-state index >= 15 is 0 Å². The van der Waals surface area contributed by atoms with Crippen molar-refractivity contribution in [3.05, 3.63) is 29.6 Å². The summed E-state index contributed by atoms with van der Waals surface area (Å²) in [6.45, 7) is 0.186. The van der Waals surface area contributed by atoms with Crippen LogP contribution in [0, 0.1) is 0 Å². The Bertz CT molecular complexity index is 565. The summed E-state index contributed by atoms with van der Waals surface area (Å²) in [5.41, 5.74) is 2.72. The van der Waals surface area contributed by atoms with Gasteiger partial charge in [-0.3, -0.25) is 10.1 Å². The van der Waals surface area contributed by atoms with Gasteiger partial charge in [-0.1, -0.05) is 12.8 Å². The maximum Gasteiger partial charge on any atom is 0.321 e. The summed E-state index contributed by atoms with van der Waals surface area (Å²) in [7, 11) is 0. The molecule has 1 fully saturated rings. The van der Waals surface area contributed by atoms with Crippen molar-refractivity contribution in [1.29, 1.82) is 0 Å². The number of nitrogens with one attached hydrogen (secondary N) is 2. The fraction of sp³-hybridized carbons (Fsp3) is 0.588. The van der Waals surface area contributed by atoms with Gasteiger partial charge in [-0.25, -0.2) is 4.79 Å². The largest absolute Gasteiger partial charge is 0.335 e. The summed E-state index contributed by atoms with van der Waals surface area (Å²) >= 11 is 0. The molecule has 0 radical (unpaired) electrons. The van der Waals surface area contributed by atoms with Gasteiger partial charge in [0.05, 0.1) is 0 Å². The normalized spacial score (nSPS) is 17.8. The second kappa shape index (κ2) is 6.90. The Labute approximate surface area is 131 Å². The molecular weight excluding hydrogens is 278 g/mol. The maximum absolute atomic E-state index is 12.0. The van der Waals surface area contributed by atoms with Crippen molar-refractivity contribution < 1.29 is 14.2 Å². The Morgan fingerprint density at radius 3 is 2.59 bits per heavy atom. The molecule has 0 bridgehead atoms. The number of urea groups is 1. The summed E-state index contributed by atoms with van der Waals surface area (Å²) in [6, 6.07) is 1.96. The quantitative estimate of drug-likeness (QED) is 0.834. The van der Waals surface area contributed by atoms with E-state index in [1.54, 1.807) is 0 Å². The average Bonchev–Trinajstić information content (AvgIpc) is 2.99. The van der Waals surface area contributed by atoms with Crippen LogP contribution in [-0.2, 0) is 24.2 Å². The summed E-state index contributed by atoms with van der Waals surface area (Å²) in [6.07, 6.45) is 13.0. The number of aromatic nitrogens is 1. The van der Waals surface area contributed by atoms with Crippen molar-refractivity contribution >= 4 is 11.9 Å². The van der Waals surface area contributed by atoms with Gasteiger partial charge < -0.3 is 5.32 Å². The van der Waals surface area contributed by atoms with Crippen LogP contribution in [0.15, 0.2) is 18.5 Å². The highest BCUT2D eigenvalue weighted by Gasteiger charge is 2.20. The molecule has 0 unspecified atom stereocenters.